The molecule has 4 bridgehead atoms. The van der Waals surface area contributed by atoms with Crippen LogP contribution in [0, 0.1) is 12.8 Å². The van der Waals surface area contributed by atoms with Gasteiger partial charge in [-0.15, -0.1) is 0 Å². The first-order chi connectivity index (χ1) is 22.3. The SMILES string of the molecule is CC(=O)N1C[C@H]2C[C@@H](C1)[C@H](C(=O)N1CC(=O)NCCCc3cc(ccc3C)C(=O)N[C@@H]([C@@H](C)O)C(=O)N[C@H](C)C1)n1c2cccc1=O. The van der Waals surface area contributed by atoms with Gasteiger partial charge < -0.3 is 30.9 Å². The average molecular weight is 649 g/mol. The fourth-order valence-corrected chi connectivity index (χ4v) is 7.08. The molecule has 0 radical (unpaired) electrons. The van der Waals surface area contributed by atoms with Crippen molar-refractivity contribution in [1.82, 2.24) is 30.3 Å². The number of carbonyl (C=O) groups is 5. The number of nitrogens with one attached hydrogen (secondary N) is 3. The van der Waals surface area contributed by atoms with Gasteiger partial charge in [-0.25, -0.2) is 0 Å². The van der Waals surface area contributed by atoms with Crippen LogP contribution in [0.15, 0.2) is 41.2 Å². The van der Waals surface area contributed by atoms with E-state index in [9.17, 15) is 33.9 Å². The molecule has 1 aromatic heterocycles. The largest absolute Gasteiger partial charge is 0.391 e. The van der Waals surface area contributed by atoms with E-state index in [0.717, 1.165) is 11.1 Å². The summed E-state index contributed by atoms with van der Waals surface area (Å²) >= 11 is 0. The molecular weight excluding hydrogens is 604 g/mol. The number of nitrogens with zero attached hydrogens (tertiary/aromatic N) is 3. The predicted octanol–water partition coefficient (Wildman–Crippen LogP) is 0.239. The van der Waals surface area contributed by atoms with Crippen molar-refractivity contribution >= 4 is 29.5 Å². The Morgan fingerprint density at radius 3 is 2.49 bits per heavy atom. The number of aryl methyl sites for hydroxylation is 2. The molecule has 4 heterocycles. The molecule has 4 N–H and O–H groups in total. The van der Waals surface area contributed by atoms with Crippen LogP contribution in [-0.2, 0) is 25.6 Å². The number of rotatable bonds is 2. The molecular formula is C34H44N6O7. The molecule has 252 valence electrons. The van der Waals surface area contributed by atoms with Crippen LogP contribution in [0.1, 0.15) is 72.8 Å². The number of aliphatic hydroxyl groups excluding tert-OH is 1. The third-order valence-corrected chi connectivity index (χ3v) is 9.48. The smallest absolute Gasteiger partial charge is 0.252 e. The minimum atomic E-state index is -1.28. The average Bonchev–Trinajstić information content (AvgIpc) is 3.01. The second-order valence-corrected chi connectivity index (χ2v) is 13.1. The van der Waals surface area contributed by atoms with Gasteiger partial charge in [0.2, 0.25) is 23.6 Å². The van der Waals surface area contributed by atoms with Gasteiger partial charge in [0.15, 0.2) is 0 Å². The Kier molecular flexibility index (Phi) is 10.1. The minimum absolute atomic E-state index is 0.0849. The molecule has 3 aliphatic rings. The van der Waals surface area contributed by atoms with E-state index >= 15 is 0 Å². The third-order valence-electron chi connectivity index (χ3n) is 9.48. The standard InChI is InChI=1S/C34H44N6O7/c1-19-10-11-24-13-23(19)7-6-12-35-28(43)18-39(15-20(2)36-33(46)30(21(3)41)37-32(24)45)34(47)31-26-14-25(16-38(17-26)22(4)42)27-8-5-9-29(44)40(27)31/h5,8-11,13,20-21,25-26,30-31,41H,6-7,12,14-18H2,1-4H3,(H,35,43)(H,36,46)(H,37,45)/t20-,21-,25-,26+,30+,31-/m1/s1. The lowest BCUT2D eigenvalue weighted by molar-refractivity contribution is -0.144. The molecule has 6 atom stereocenters. The van der Waals surface area contributed by atoms with Crippen molar-refractivity contribution in [2.75, 3.05) is 32.7 Å². The number of fused-ring (bicyclic) bond motifs is 6. The number of pyridine rings is 1. The number of piperidine rings is 1. The first kappa shape index (κ1) is 33.8. The zero-order chi connectivity index (χ0) is 34.0. The number of amides is 5. The molecule has 2 aromatic rings. The van der Waals surface area contributed by atoms with Gasteiger partial charge in [0.25, 0.3) is 11.5 Å². The number of carbonyl (C=O) groups excluding carboxylic acids is 5. The molecule has 5 amide bonds. The Morgan fingerprint density at radius 1 is 1.00 bits per heavy atom. The van der Waals surface area contributed by atoms with Crippen molar-refractivity contribution in [1.29, 1.82) is 0 Å². The number of aliphatic hydroxyl groups is 1. The number of hydrogen-bond acceptors (Lipinski definition) is 7. The summed E-state index contributed by atoms with van der Waals surface area (Å²) in [6.45, 7) is 7.15. The summed E-state index contributed by atoms with van der Waals surface area (Å²) in [4.78, 5) is 83.1. The predicted molar refractivity (Wildman–Crippen MR) is 172 cm³/mol. The highest BCUT2D eigenvalue weighted by Gasteiger charge is 2.46. The van der Waals surface area contributed by atoms with E-state index in [2.05, 4.69) is 16.0 Å². The monoisotopic (exact) mass is 648 g/mol. The summed E-state index contributed by atoms with van der Waals surface area (Å²) in [5, 5.41) is 18.8. The van der Waals surface area contributed by atoms with E-state index in [4.69, 9.17) is 0 Å². The molecule has 0 unspecified atom stereocenters. The van der Waals surface area contributed by atoms with Gasteiger partial charge >= 0.3 is 0 Å². The highest BCUT2D eigenvalue weighted by molar-refractivity contribution is 5.98. The Morgan fingerprint density at radius 2 is 1.77 bits per heavy atom. The number of hydrogen-bond donors (Lipinski definition) is 4. The maximum absolute atomic E-state index is 14.5. The molecule has 0 spiro atoms. The van der Waals surface area contributed by atoms with Crippen molar-refractivity contribution in [3.8, 4) is 0 Å². The quantitative estimate of drug-likeness (QED) is 0.362. The van der Waals surface area contributed by atoms with Crippen molar-refractivity contribution in [3.63, 3.8) is 0 Å². The second-order valence-electron chi connectivity index (χ2n) is 13.1. The molecule has 1 saturated heterocycles. The van der Waals surface area contributed by atoms with Crippen LogP contribution >= 0.6 is 0 Å². The molecule has 0 saturated carbocycles. The summed E-state index contributed by atoms with van der Waals surface area (Å²) in [6.07, 6.45) is 0.528. The Balaban J connectivity index is 1.46. The number of likely N-dealkylation sites (tertiary alicyclic amines) is 1. The summed E-state index contributed by atoms with van der Waals surface area (Å²) in [6, 6.07) is 7.14. The van der Waals surface area contributed by atoms with E-state index in [0.29, 0.717) is 50.2 Å². The zero-order valence-electron chi connectivity index (χ0n) is 27.3. The van der Waals surface area contributed by atoms with E-state index in [-0.39, 0.29) is 36.4 Å². The van der Waals surface area contributed by atoms with E-state index in [1.807, 2.05) is 13.0 Å². The van der Waals surface area contributed by atoms with E-state index in [1.54, 1.807) is 36.1 Å². The van der Waals surface area contributed by atoms with Gasteiger partial charge in [0.05, 0.1) is 12.6 Å². The molecule has 13 heteroatoms. The number of aromatic nitrogens is 1. The second kappa shape index (κ2) is 14.1. The Labute approximate surface area is 273 Å². The lowest BCUT2D eigenvalue weighted by atomic mass is 9.78. The van der Waals surface area contributed by atoms with Gasteiger partial charge in [-0.2, -0.15) is 0 Å². The molecule has 0 aliphatic carbocycles. The fraction of sp³-hybridized carbons (Fsp3) is 0.529. The lowest BCUT2D eigenvalue weighted by Gasteiger charge is -2.47. The van der Waals surface area contributed by atoms with Crippen molar-refractivity contribution < 1.29 is 29.1 Å². The fourth-order valence-electron chi connectivity index (χ4n) is 7.08. The first-order valence-electron chi connectivity index (χ1n) is 16.2. The maximum atomic E-state index is 14.5. The van der Waals surface area contributed by atoms with Crippen LogP contribution in [0.2, 0.25) is 0 Å². The zero-order valence-corrected chi connectivity index (χ0v) is 27.3. The molecule has 1 aromatic carbocycles. The van der Waals surface area contributed by atoms with Crippen LogP contribution in [-0.4, -0.2) is 99.9 Å². The molecule has 1 fully saturated rings. The number of benzene rings is 1. The molecule has 3 aliphatic heterocycles. The normalized spacial score (nSPS) is 26.2. The van der Waals surface area contributed by atoms with Crippen LogP contribution in [0.25, 0.3) is 0 Å². The summed E-state index contributed by atoms with van der Waals surface area (Å²) in [5.74, 6) is -2.60. The van der Waals surface area contributed by atoms with Crippen molar-refractivity contribution in [3.05, 3.63) is 69.1 Å². The van der Waals surface area contributed by atoms with Crippen molar-refractivity contribution in [2.24, 2.45) is 5.92 Å². The van der Waals surface area contributed by atoms with Crippen LogP contribution in [0.4, 0.5) is 0 Å². The van der Waals surface area contributed by atoms with Crippen LogP contribution in [0.3, 0.4) is 0 Å². The Hall–Kier alpha value is -4.52. The highest BCUT2D eigenvalue weighted by Crippen LogP contribution is 2.41. The van der Waals surface area contributed by atoms with Crippen LogP contribution in [0.5, 0.6) is 0 Å². The summed E-state index contributed by atoms with van der Waals surface area (Å²) < 4.78 is 1.51. The maximum Gasteiger partial charge on any atom is 0.252 e. The first-order valence-corrected chi connectivity index (χ1v) is 16.2. The summed E-state index contributed by atoms with van der Waals surface area (Å²) in [5.41, 5.74) is 2.56. The molecule has 5 rings (SSSR count). The van der Waals surface area contributed by atoms with Gasteiger partial charge in [-0.3, -0.25) is 33.3 Å². The van der Waals surface area contributed by atoms with Crippen molar-refractivity contribution in [2.45, 2.75) is 77.1 Å². The van der Waals surface area contributed by atoms with Gasteiger partial charge in [-0.1, -0.05) is 12.1 Å². The molecule has 47 heavy (non-hydrogen) atoms. The lowest BCUT2D eigenvalue weighted by Crippen LogP contribution is -2.58. The summed E-state index contributed by atoms with van der Waals surface area (Å²) in [7, 11) is 0. The molecule has 13 nitrogen and oxygen atoms in total. The highest BCUT2D eigenvalue weighted by atomic mass is 16.3. The van der Waals surface area contributed by atoms with Gasteiger partial charge in [0.1, 0.15) is 12.1 Å². The minimum Gasteiger partial charge on any atom is -0.391 e. The van der Waals surface area contributed by atoms with Crippen LogP contribution < -0.4 is 21.5 Å². The van der Waals surface area contributed by atoms with E-state index < -0.39 is 47.9 Å². The van der Waals surface area contributed by atoms with Gasteiger partial charge in [-0.05, 0) is 69.4 Å². The Bertz CT molecular complexity index is 1620. The van der Waals surface area contributed by atoms with E-state index in [1.165, 1.54) is 29.4 Å². The van der Waals surface area contributed by atoms with Gasteiger partial charge in [0, 0.05) is 68.3 Å². The third kappa shape index (κ3) is 7.40. The topological polar surface area (TPSA) is 170 Å².